The molecule has 1 atom stereocenters. The van der Waals surface area contributed by atoms with Gasteiger partial charge in [-0.1, -0.05) is 0 Å². The van der Waals surface area contributed by atoms with Crippen molar-refractivity contribution in [2.24, 2.45) is 0 Å². The van der Waals surface area contributed by atoms with Gasteiger partial charge >= 0.3 is 6.03 Å². The largest absolute Gasteiger partial charge is 0.331 e. The molecule has 1 aliphatic rings. The van der Waals surface area contributed by atoms with Crippen LogP contribution in [0.15, 0.2) is 18.2 Å². The standard InChI is InChI=1S/C14H16F4N2O/c1-9(10-6-11(15)8-12(16)7-10)19-13(21)20-4-2-14(17,18)3-5-20/h6-9H,2-5H2,1H3,(H,19,21)/t9-/m0/s1. The van der Waals surface area contributed by atoms with E-state index in [0.717, 1.165) is 18.2 Å². The van der Waals surface area contributed by atoms with Crippen molar-refractivity contribution < 1.29 is 22.4 Å². The van der Waals surface area contributed by atoms with E-state index in [0.29, 0.717) is 0 Å². The Morgan fingerprint density at radius 2 is 1.71 bits per heavy atom. The van der Waals surface area contributed by atoms with Crippen molar-refractivity contribution in [3.63, 3.8) is 0 Å². The zero-order chi connectivity index (χ0) is 15.6. The molecule has 1 heterocycles. The molecular weight excluding hydrogens is 288 g/mol. The number of likely N-dealkylation sites (tertiary alicyclic amines) is 1. The number of nitrogens with one attached hydrogen (secondary N) is 1. The van der Waals surface area contributed by atoms with E-state index >= 15 is 0 Å². The van der Waals surface area contributed by atoms with Crippen LogP contribution in [-0.4, -0.2) is 29.9 Å². The van der Waals surface area contributed by atoms with Crippen molar-refractivity contribution in [3.05, 3.63) is 35.4 Å². The van der Waals surface area contributed by atoms with Gasteiger partial charge in [0.2, 0.25) is 0 Å². The SMILES string of the molecule is C[C@H](NC(=O)N1CCC(F)(F)CC1)c1cc(F)cc(F)c1. The molecule has 1 N–H and O–H groups in total. The maximum absolute atomic E-state index is 13.1. The average Bonchev–Trinajstić information content (AvgIpc) is 2.37. The van der Waals surface area contributed by atoms with Crippen LogP contribution in [0.4, 0.5) is 22.4 Å². The summed E-state index contributed by atoms with van der Waals surface area (Å²) >= 11 is 0. The van der Waals surface area contributed by atoms with Crippen molar-refractivity contribution in [1.29, 1.82) is 0 Å². The Kier molecular flexibility index (Phi) is 4.39. The summed E-state index contributed by atoms with van der Waals surface area (Å²) in [6.07, 6.45) is -0.743. The maximum atomic E-state index is 13.1. The number of carbonyl (C=O) groups excluding carboxylic acids is 1. The second kappa shape index (κ2) is 5.91. The number of nitrogens with zero attached hydrogens (tertiary/aromatic N) is 1. The summed E-state index contributed by atoms with van der Waals surface area (Å²) in [7, 11) is 0. The maximum Gasteiger partial charge on any atom is 0.317 e. The van der Waals surface area contributed by atoms with Crippen LogP contribution in [0.2, 0.25) is 0 Å². The Morgan fingerprint density at radius 3 is 2.24 bits per heavy atom. The van der Waals surface area contributed by atoms with E-state index < -0.39 is 29.6 Å². The molecule has 1 saturated heterocycles. The number of rotatable bonds is 2. The molecular formula is C14H16F4N2O. The monoisotopic (exact) mass is 304 g/mol. The summed E-state index contributed by atoms with van der Waals surface area (Å²) in [5, 5.41) is 2.56. The highest BCUT2D eigenvalue weighted by molar-refractivity contribution is 5.74. The lowest BCUT2D eigenvalue weighted by atomic mass is 10.1. The quantitative estimate of drug-likeness (QED) is 0.834. The second-order valence-electron chi connectivity index (χ2n) is 5.22. The van der Waals surface area contributed by atoms with Gasteiger partial charge in [0.15, 0.2) is 0 Å². The molecule has 1 aliphatic heterocycles. The smallest absolute Gasteiger partial charge is 0.317 e. The number of hydrogen-bond donors (Lipinski definition) is 1. The van der Waals surface area contributed by atoms with Crippen LogP contribution in [0.3, 0.4) is 0 Å². The van der Waals surface area contributed by atoms with Gasteiger partial charge in [-0.05, 0) is 24.6 Å². The highest BCUT2D eigenvalue weighted by Gasteiger charge is 2.35. The van der Waals surface area contributed by atoms with E-state index in [2.05, 4.69) is 5.32 Å². The Bertz CT molecular complexity index is 505. The molecule has 0 bridgehead atoms. The molecule has 1 aromatic carbocycles. The summed E-state index contributed by atoms with van der Waals surface area (Å²) in [5.41, 5.74) is 0.281. The van der Waals surface area contributed by atoms with Crippen molar-refractivity contribution >= 4 is 6.03 Å². The van der Waals surface area contributed by atoms with Crippen LogP contribution in [-0.2, 0) is 0 Å². The second-order valence-corrected chi connectivity index (χ2v) is 5.22. The van der Waals surface area contributed by atoms with Gasteiger partial charge in [-0.15, -0.1) is 0 Å². The summed E-state index contributed by atoms with van der Waals surface area (Å²) in [5.74, 6) is -4.19. The highest BCUT2D eigenvalue weighted by atomic mass is 19.3. The molecule has 3 nitrogen and oxygen atoms in total. The lowest BCUT2D eigenvalue weighted by molar-refractivity contribution is -0.0470. The van der Waals surface area contributed by atoms with Crippen LogP contribution in [0.25, 0.3) is 0 Å². The van der Waals surface area contributed by atoms with E-state index in [1.807, 2.05) is 0 Å². The molecule has 116 valence electrons. The van der Waals surface area contributed by atoms with E-state index in [1.54, 1.807) is 6.92 Å². The third-order valence-electron chi connectivity index (χ3n) is 3.51. The molecule has 0 unspecified atom stereocenters. The lowest BCUT2D eigenvalue weighted by Crippen LogP contribution is -2.47. The normalized spacial score (nSPS) is 19.2. The van der Waals surface area contributed by atoms with Crippen LogP contribution in [0, 0.1) is 11.6 Å². The fourth-order valence-corrected chi connectivity index (χ4v) is 2.22. The minimum atomic E-state index is -2.73. The van der Waals surface area contributed by atoms with Crippen molar-refractivity contribution in [2.45, 2.75) is 31.7 Å². The Balaban J connectivity index is 1.96. The molecule has 0 radical (unpaired) electrons. The van der Waals surface area contributed by atoms with Crippen molar-refractivity contribution in [2.75, 3.05) is 13.1 Å². The molecule has 1 fully saturated rings. The van der Waals surface area contributed by atoms with Gasteiger partial charge in [-0.25, -0.2) is 22.4 Å². The first-order chi connectivity index (χ1) is 9.77. The third-order valence-corrected chi connectivity index (χ3v) is 3.51. The molecule has 1 aromatic rings. The van der Waals surface area contributed by atoms with Crippen LogP contribution in [0.5, 0.6) is 0 Å². The number of amides is 2. The third kappa shape index (κ3) is 4.09. The van der Waals surface area contributed by atoms with Gasteiger partial charge < -0.3 is 10.2 Å². The Hall–Kier alpha value is -1.79. The van der Waals surface area contributed by atoms with Crippen molar-refractivity contribution in [1.82, 2.24) is 10.2 Å². The van der Waals surface area contributed by atoms with E-state index in [-0.39, 0.29) is 31.5 Å². The molecule has 2 rings (SSSR count). The fraction of sp³-hybridized carbons (Fsp3) is 0.500. The van der Waals surface area contributed by atoms with E-state index in [9.17, 15) is 22.4 Å². The number of alkyl halides is 2. The molecule has 0 saturated carbocycles. The van der Waals surface area contributed by atoms with Crippen LogP contribution in [0.1, 0.15) is 31.4 Å². The van der Waals surface area contributed by atoms with Gasteiger partial charge in [-0.2, -0.15) is 0 Å². The first-order valence-electron chi connectivity index (χ1n) is 6.66. The molecule has 7 heteroatoms. The molecule has 21 heavy (non-hydrogen) atoms. The van der Waals surface area contributed by atoms with Gasteiger partial charge in [-0.3, -0.25) is 0 Å². The number of halogens is 4. The molecule has 0 spiro atoms. The Labute approximate surface area is 119 Å². The predicted octanol–water partition coefficient (Wildman–Crippen LogP) is 3.47. The molecule has 0 aliphatic carbocycles. The van der Waals surface area contributed by atoms with Crippen molar-refractivity contribution in [3.8, 4) is 0 Å². The summed E-state index contributed by atoms with van der Waals surface area (Å²) in [6, 6.07) is 1.86. The molecule has 0 aromatic heterocycles. The lowest BCUT2D eigenvalue weighted by Gasteiger charge is -2.32. The summed E-state index contributed by atoms with van der Waals surface area (Å²) < 4.78 is 52.3. The number of piperidine rings is 1. The molecule has 2 amide bonds. The minimum absolute atomic E-state index is 0.0386. The summed E-state index contributed by atoms with van der Waals surface area (Å²) in [4.78, 5) is 13.2. The topological polar surface area (TPSA) is 32.3 Å². The summed E-state index contributed by atoms with van der Waals surface area (Å²) in [6.45, 7) is 1.50. The highest BCUT2D eigenvalue weighted by Crippen LogP contribution is 2.27. The predicted molar refractivity (Wildman–Crippen MR) is 69.1 cm³/mol. The van der Waals surface area contributed by atoms with E-state index in [1.165, 1.54) is 4.90 Å². The first-order valence-corrected chi connectivity index (χ1v) is 6.66. The van der Waals surface area contributed by atoms with Crippen LogP contribution < -0.4 is 5.32 Å². The van der Waals surface area contributed by atoms with Gasteiger partial charge in [0, 0.05) is 32.0 Å². The number of urea groups is 1. The first kappa shape index (κ1) is 15.6. The zero-order valence-corrected chi connectivity index (χ0v) is 11.5. The number of hydrogen-bond acceptors (Lipinski definition) is 1. The van der Waals surface area contributed by atoms with Gasteiger partial charge in [0.05, 0.1) is 6.04 Å². The van der Waals surface area contributed by atoms with E-state index in [4.69, 9.17) is 0 Å². The zero-order valence-electron chi connectivity index (χ0n) is 11.5. The van der Waals surface area contributed by atoms with Gasteiger partial charge in [0.1, 0.15) is 11.6 Å². The number of benzene rings is 1. The average molecular weight is 304 g/mol. The minimum Gasteiger partial charge on any atom is -0.331 e. The Morgan fingerprint density at radius 1 is 1.19 bits per heavy atom. The number of carbonyl (C=O) groups is 1. The van der Waals surface area contributed by atoms with Crippen LogP contribution >= 0.6 is 0 Å². The fourth-order valence-electron chi connectivity index (χ4n) is 2.22. The van der Waals surface area contributed by atoms with Gasteiger partial charge in [0.25, 0.3) is 5.92 Å².